The first-order chi connectivity index (χ1) is 10.4. The van der Waals surface area contributed by atoms with Gasteiger partial charge in [0, 0.05) is 11.1 Å². The third-order valence-corrected chi connectivity index (χ3v) is 6.85. The molecule has 3 rings (SSSR count). The highest BCUT2D eigenvalue weighted by atomic mass is 35.5. The van der Waals surface area contributed by atoms with Crippen LogP contribution in [0.1, 0.15) is 32.1 Å². The number of nitrogens with zero attached hydrogens (tertiary/aromatic N) is 1. The van der Waals surface area contributed by atoms with E-state index in [1.54, 1.807) is 12.1 Å². The normalized spacial score (nSPS) is 29.2. The maximum absolute atomic E-state index is 13.0. The first-order valence-corrected chi connectivity index (χ1v) is 9.25. The second-order valence-corrected chi connectivity index (χ2v) is 8.27. The van der Waals surface area contributed by atoms with Gasteiger partial charge in [0.2, 0.25) is 10.0 Å². The molecule has 120 valence electrons. The molecule has 7 heteroatoms. The van der Waals surface area contributed by atoms with Crippen molar-refractivity contribution >= 4 is 27.6 Å². The van der Waals surface area contributed by atoms with E-state index in [0.29, 0.717) is 11.4 Å². The summed E-state index contributed by atoms with van der Waals surface area (Å²) in [6, 6.07) is 4.83. The van der Waals surface area contributed by atoms with E-state index in [9.17, 15) is 18.3 Å². The Balaban J connectivity index is 2.04. The largest absolute Gasteiger partial charge is 0.480 e. The van der Waals surface area contributed by atoms with Gasteiger partial charge < -0.3 is 5.11 Å². The molecular formula is C15H18ClNO4S. The van der Waals surface area contributed by atoms with E-state index in [0.717, 1.165) is 25.7 Å². The minimum atomic E-state index is -3.86. The van der Waals surface area contributed by atoms with Crippen molar-refractivity contribution in [3.63, 3.8) is 0 Å². The van der Waals surface area contributed by atoms with Gasteiger partial charge in [-0.3, -0.25) is 4.79 Å². The molecule has 1 saturated carbocycles. The molecule has 5 nitrogen and oxygen atoms in total. The van der Waals surface area contributed by atoms with Crippen molar-refractivity contribution in [2.75, 3.05) is 0 Å². The van der Waals surface area contributed by atoms with Crippen LogP contribution < -0.4 is 0 Å². The summed E-state index contributed by atoms with van der Waals surface area (Å²) in [4.78, 5) is 11.6. The smallest absolute Gasteiger partial charge is 0.322 e. The number of benzene rings is 1. The zero-order valence-electron chi connectivity index (χ0n) is 12.0. The Morgan fingerprint density at radius 1 is 1.27 bits per heavy atom. The van der Waals surface area contributed by atoms with E-state index < -0.39 is 22.0 Å². The van der Waals surface area contributed by atoms with Crippen LogP contribution in [-0.2, 0) is 14.8 Å². The van der Waals surface area contributed by atoms with Crippen LogP contribution in [0.15, 0.2) is 29.2 Å². The maximum atomic E-state index is 13.0. The monoisotopic (exact) mass is 343 g/mol. The van der Waals surface area contributed by atoms with Crippen molar-refractivity contribution in [2.24, 2.45) is 5.92 Å². The van der Waals surface area contributed by atoms with Gasteiger partial charge in [-0.05, 0) is 43.4 Å². The Labute approximate surface area is 134 Å². The molecule has 0 amide bonds. The predicted octanol–water partition coefficient (Wildman–Crippen LogP) is 2.75. The number of fused-ring (bicyclic) bond motifs is 1. The molecule has 1 N–H and O–H groups in total. The average Bonchev–Trinajstić information content (AvgIpc) is 2.87. The molecule has 1 saturated heterocycles. The van der Waals surface area contributed by atoms with Crippen LogP contribution in [0.2, 0.25) is 5.02 Å². The minimum Gasteiger partial charge on any atom is -0.480 e. The van der Waals surface area contributed by atoms with Gasteiger partial charge in [0.1, 0.15) is 6.04 Å². The lowest BCUT2D eigenvalue weighted by molar-refractivity contribution is -0.141. The van der Waals surface area contributed by atoms with Crippen LogP contribution in [0.3, 0.4) is 0 Å². The zero-order valence-corrected chi connectivity index (χ0v) is 13.6. The van der Waals surface area contributed by atoms with Gasteiger partial charge in [0.15, 0.2) is 0 Å². The molecule has 2 aliphatic rings. The molecule has 2 fully saturated rings. The third-order valence-electron chi connectivity index (χ3n) is 4.69. The summed E-state index contributed by atoms with van der Waals surface area (Å²) < 4.78 is 27.1. The van der Waals surface area contributed by atoms with E-state index >= 15 is 0 Å². The fourth-order valence-electron chi connectivity index (χ4n) is 3.72. The molecule has 1 aromatic rings. The number of hydrogen-bond acceptors (Lipinski definition) is 3. The van der Waals surface area contributed by atoms with Crippen molar-refractivity contribution in [2.45, 2.75) is 49.1 Å². The van der Waals surface area contributed by atoms with E-state index in [-0.39, 0.29) is 16.9 Å². The first-order valence-electron chi connectivity index (χ1n) is 7.43. The van der Waals surface area contributed by atoms with Crippen molar-refractivity contribution < 1.29 is 18.3 Å². The highest BCUT2D eigenvalue weighted by Gasteiger charge is 2.51. The third kappa shape index (κ3) is 2.64. The fourth-order valence-corrected chi connectivity index (χ4v) is 5.89. The number of halogens is 1. The Morgan fingerprint density at radius 3 is 2.68 bits per heavy atom. The second-order valence-electron chi connectivity index (χ2n) is 5.99. The fraction of sp³-hybridized carbons (Fsp3) is 0.533. The van der Waals surface area contributed by atoms with Crippen LogP contribution in [0.25, 0.3) is 0 Å². The lowest BCUT2D eigenvalue weighted by Crippen LogP contribution is -2.46. The number of carbonyl (C=O) groups is 1. The van der Waals surface area contributed by atoms with Gasteiger partial charge in [-0.25, -0.2) is 8.42 Å². The van der Waals surface area contributed by atoms with E-state index in [1.807, 2.05) is 0 Å². The second kappa shape index (κ2) is 5.83. The van der Waals surface area contributed by atoms with Gasteiger partial charge in [-0.1, -0.05) is 30.5 Å². The molecule has 1 aliphatic carbocycles. The summed E-state index contributed by atoms with van der Waals surface area (Å²) in [6.07, 6.45) is 4.01. The minimum absolute atomic E-state index is 0.0671. The highest BCUT2D eigenvalue weighted by Crippen LogP contribution is 2.42. The van der Waals surface area contributed by atoms with Crippen LogP contribution in [-0.4, -0.2) is 35.9 Å². The van der Waals surface area contributed by atoms with Gasteiger partial charge in [-0.15, -0.1) is 0 Å². The first kappa shape index (κ1) is 15.8. The Bertz CT molecular complexity index is 691. The average molecular weight is 344 g/mol. The maximum Gasteiger partial charge on any atom is 0.322 e. The van der Waals surface area contributed by atoms with Crippen molar-refractivity contribution in [1.29, 1.82) is 0 Å². The Morgan fingerprint density at radius 2 is 2.00 bits per heavy atom. The summed E-state index contributed by atoms with van der Waals surface area (Å²) in [5, 5.41) is 9.79. The summed E-state index contributed by atoms with van der Waals surface area (Å²) in [5.74, 6) is -0.927. The Kier molecular flexibility index (Phi) is 4.18. The number of carboxylic acids is 1. The number of aliphatic carboxylic acids is 1. The van der Waals surface area contributed by atoms with Crippen LogP contribution in [0.5, 0.6) is 0 Å². The molecule has 0 aromatic heterocycles. The van der Waals surface area contributed by atoms with Crippen molar-refractivity contribution in [3.8, 4) is 0 Å². The quantitative estimate of drug-likeness (QED) is 0.915. The molecule has 1 aromatic carbocycles. The van der Waals surface area contributed by atoms with Crippen LogP contribution in [0.4, 0.5) is 0 Å². The molecule has 3 unspecified atom stereocenters. The SMILES string of the molecule is O=C(O)C1CC2CCCCC2N1S(=O)(=O)c1cccc(Cl)c1. The summed E-state index contributed by atoms with van der Waals surface area (Å²) >= 11 is 5.89. The molecule has 22 heavy (non-hydrogen) atoms. The lowest BCUT2D eigenvalue weighted by atomic mass is 9.85. The lowest BCUT2D eigenvalue weighted by Gasteiger charge is -2.32. The summed E-state index contributed by atoms with van der Waals surface area (Å²) in [7, 11) is -3.86. The van der Waals surface area contributed by atoms with E-state index in [1.165, 1.54) is 16.4 Å². The van der Waals surface area contributed by atoms with Crippen LogP contribution in [0, 0.1) is 5.92 Å². The van der Waals surface area contributed by atoms with Crippen molar-refractivity contribution in [3.05, 3.63) is 29.3 Å². The zero-order chi connectivity index (χ0) is 15.9. The molecule has 1 heterocycles. The molecule has 1 aliphatic heterocycles. The van der Waals surface area contributed by atoms with E-state index in [2.05, 4.69) is 0 Å². The molecule has 0 bridgehead atoms. The molecule has 0 spiro atoms. The van der Waals surface area contributed by atoms with E-state index in [4.69, 9.17) is 11.6 Å². The van der Waals surface area contributed by atoms with Crippen molar-refractivity contribution in [1.82, 2.24) is 4.31 Å². The van der Waals surface area contributed by atoms with Crippen LogP contribution >= 0.6 is 11.6 Å². The molecule has 0 radical (unpaired) electrons. The summed E-state index contributed by atoms with van der Waals surface area (Å²) in [5.41, 5.74) is 0. The number of sulfonamides is 1. The van der Waals surface area contributed by atoms with Gasteiger partial charge in [0.25, 0.3) is 0 Å². The number of carboxylic acid groups (broad SMARTS) is 1. The predicted molar refractivity (Wildman–Crippen MR) is 82.3 cm³/mol. The number of rotatable bonds is 3. The van der Waals surface area contributed by atoms with Gasteiger partial charge in [-0.2, -0.15) is 4.31 Å². The topological polar surface area (TPSA) is 74.7 Å². The molecule has 3 atom stereocenters. The molecular weight excluding hydrogens is 326 g/mol. The standard InChI is InChI=1S/C15H18ClNO4S/c16-11-5-3-6-12(9-11)22(20,21)17-13-7-2-1-4-10(13)8-14(17)15(18)19/h3,5-6,9-10,13-14H,1-2,4,7-8H2,(H,18,19). The van der Waals surface area contributed by atoms with Gasteiger partial charge >= 0.3 is 5.97 Å². The van der Waals surface area contributed by atoms with Gasteiger partial charge in [0.05, 0.1) is 4.90 Å². The Hall–Kier alpha value is -1.11. The summed E-state index contributed by atoms with van der Waals surface area (Å²) in [6.45, 7) is 0. The number of hydrogen-bond donors (Lipinski definition) is 1. The highest BCUT2D eigenvalue weighted by molar-refractivity contribution is 7.89.